The van der Waals surface area contributed by atoms with Gasteiger partial charge in [0.15, 0.2) is 0 Å². The molecule has 0 unspecified atom stereocenters. The smallest absolute Gasteiger partial charge is 0.0172 e. The Labute approximate surface area is 102 Å². The van der Waals surface area contributed by atoms with E-state index in [1.807, 2.05) is 0 Å². The van der Waals surface area contributed by atoms with Crippen molar-refractivity contribution in [3.05, 3.63) is 11.8 Å². The Morgan fingerprint density at radius 1 is 1.00 bits per heavy atom. The molecule has 0 heterocycles. The lowest BCUT2D eigenvalue weighted by Crippen LogP contribution is -2.20. The van der Waals surface area contributed by atoms with E-state index in [4.69, 9.17) is 0 Å². The van der Waals surface area contributed by atoms with Crippen molar-refractivity contribution in [3.63, 3.8) is 0 Å². The van der Waals surface area contributed by atoms with Crippen LogP contribution in [0.4, 0.5) is 0 Å². The van der Waals surface area contributed by atoms with Crippen LogP contribution in [0.3, 0.4) is 0 Å². The van der Waals surface area contributed by atoms with Gasteiger partial charge < -0.3 is 4.90 Å². The van der Waals surface area contributed by atoms with E-state index in [0.29, 0.717) is 0 Å². The Bertz CT molecular complexity index is 147. The maximum atomic E-state index is 2.49. The number of hydrogen-bond acceptors (Lipinski definition) is 1. The average molecular weight is 234 g/mol. The molecule has 15 heavy (non-hydrogen) atoms. The van der Waals surface area contributed by atoms with Crippen molar-refractivity contribution in [1.82, 2.24) is 4.90 Å². The minimum Gasteiger partial charge on any atom is -0.377 e. The van der Waals surface area contributed by atoms with Gasteiger partial charge in [-0.05, 0) is 32.4 Å². The van der Waals surface area contributed by atoms with Crippen LogP contribution in [0, 0.1) is 0 Å². The van der Waals surface area contributed by atoms with Crippen LogP contribution < -0.4 is 0 Å². The maximum Gasteiger partial charge on any atom is 0.0172 e. The summed E-state index contributed by atoms with van der Waals surface area (Å²) in [6.07, 6.45) is 8.75. The van der Waals surface area contributed by atoms with E-state index >= 15 is 0 Å². The van der Waals surface area contributed by atoms with Gasteiger partial charge in [-0.1, -0.05) is 39.2 Å². The fraction of sp³-hybridized carbons (Fsp3) is 0.846. The van der Waals surface area contributed by atoms with Crippen molar-refractivity contribution >= 4 is 12.4 Å². The van der Waals surface area contributed by atoms with Gasteiger partial charge in [-0.15, -0.1) is 12.4 Å². The highest BCUT2D eigenvalue weighted by atomic mass is 35.5. The van der Waals surface area contributed by atoms with Crippen LogP contribution in [0.2, 0.25) is 0 Å². The van der Waals surface area contributed by atoms with Crippen molar-refractivity contribution in [2.24, 2.45) is 0 Å². The summed E-state index contributed by atoms with van der Waals surface area (Å²) in [5, 5.41) is 0. The van der Waals surface area contributed by atoms with Crippen molar-refractivity contribution in [1.29, 1.82) is 0 Å². The number of allylic oxidation sites excluding steroid dienone is 1. The fourth-order valence-electron chi connectivity index (χ4n) is 1.37. The van der Waals surface area contributed by atoms with Crippen molar-refractivity contribution in [2.75, 3.05) is 13.1 Å². The first-order valence-electron chi connectivity index (χ1n) is 6.15. The standard InChI is InChI=1S/C13H27N.ClH/c1-5-8-10-14(11-9-6-2)12-13(4)7-3;/h12H,5-11H2,1-4H3;1H/b13-12+;. The second kappa shape index (κ2) is 11.9. The molecule has 0 aromatic carbocycles. The molecule has 2 heteroatoms. The predicted octanol–water partition coefficient (Wildman–Crippen LogP) is 4.62. The van der Waals surface area contributed by atoms with E-state index in [-0.39, 0.29) is 12.4 Å². The highest BCUT2D eigenvalue weighted by Gasteiger charge is 1.98. The molecule has 0 fully saturated rings. The van der Waals surface area contributed by atoms with Crippen LogP contribution in [0.15, 0.2) is 11.8 Å². The summed E-state index contributed by atoms with van der Waals surface area (Å²) < 4.78 is 0. The van der Waals surface area contributed by atoms with Crippen LogP contribution in [0.25, 0.3) is 0 Å². The first kappa shape index (κ1) is 17.2. The second-order valence-electron chi connectivity index (χ2n) is 4.07. The molecule has 0 radical (unpaired) electrons. The molecule has 0 aliphatic carbocycles. The fourth-order valence-corrected chi connectivity index (χ4v) is 1.37. The average Bonchev–Trinajstić information content (AvgIpc) is 2.21. The third-order valence-electron chi connectivity index (χ3n) is 2.56. The van der Waals surface area contributed by atoms with Gasteiger partial charge in [0.1, 0.15) is 0 Å². The summed E-state index contributed by atoms with van der Waals surface area (Å²) in [5.74, 6) is 0. The van der Waals surface area contributed by atoms with Crippen LogP contribution >= 0.6 is 12.4 Å². The van der Waals surface area contributed by atoms with E-state index < -0.39 is 0 Å². The molecule has 0 rings (SSSR count). The van der Waals surface area contributed by atoms with E-state index in [2.05, 4.69) is 38.8 Å². The van der Waals surface area contributed by atoms with Gasteiger partial charge >= 0.3 is 0 Å². The Kier molecular flexibility index (Phi) is 13.7. The molecule has 0 N–H and O–H groups in total. The van der Waals surface area contributed by atoms with Gasteiger partial charge in [0.2, 0.25) is 0 Å². The molecule has 1 nitrogen and oxygen atoms in total. The second-order valence-corrected chi connectivity index (χ2v) is 4.07. The Morgan fingerprint density at radius 3 is 1.80 bits per heavy atom. The Hall–Kier alpha value is -0.170. The summed E-state index contributed by atoms with van der Waals surface area (Å²) >= 11 is 0. The van der Waals surface area contributed by atoms with E-state index in [9.17, 15) is 0 Å². The summed E-state index contributed by atoms with van der Waals surface area (Å²) in [6, 6.07) is 0. The lowest BCUT2D eigenvalue weighted by atomic mass is 10.2. The SMILES string of the molecule is CCCCN(/C=C(\C)CC)CCCC.Cl. The zero-order valence-electron chi connectivity index (χ0n) is 10.9. The van der Waals surface area contributed by atoms with Gasteiger partial charge in [-0.25, -0.2) is 0 Å². The van der Waals surface area contributed by atoms with Gasteiger partial charge in [-0.2, -0.15) is 0 Å². The molecule has 0 amide bonds. The molecule has 92 valence electrons. The number of hydrogen-bond donors (Lipinski definition) is 0. The largest absolute Gasteiger partial charge is 0.377 e. The molecular weight excluding hydrogens is 206 g/mol. The zero-order valence-corrected chi connectivity index (χ0v) is 11.7. The first-order chi connectivity index (χ1) is 6.74. The van der Waals surface area contributed by atoms with Gasteiger partial charge in [0.05, 0.1) is 0 Å². The van der Waals surface area contributed by atoms with Crippen molar-refractivity contribution in [3.8, 4) is 0 Å². The predicted molar refractivity (Wildman–Crippen MR) is 72.7 cm³/mol. The summed E-state index contributed by atoms with van der Waals surface area (Å²) in [5.41, 5.74) is 1.50. The molecule has 0 spiro atoms. The van der Waals surface area contributed by atoms with Crippen LogP contribution in [0.1, 0.15) is 59.8 Å². The van der Waals surface area contributed by atoms with Gasteiger partial charge in [0, 0.05) is 13.1 Å². The molecule has 0 saturated carbocycles. The van der Waals surface area contributed by atoms with Crippen molar-refractivity contribution in [2.45, 2.75) is 59.8 Å². The monoisotopic (exact) mass is 233 g/mol. The molecule has 0 bridgehead atoms. The number of nitrogens with zero attached hydrogens (tertiary/aromatic N) is 1. The molecule has 0 aromatic heterocycles. The molecule has 0 atom stereocenters. The van der Waals surface area contributed by atoms with Gasteiger partial charge in [-0.3, -0.25) is 0 Å². The number of unbranched alkanes of at least 4 members (excludes halogenated alkanes) is 2. The minimum absolute atomic E-state index is 0. The minimum atomic E-state index is 0. The molecular formula is C13H28ClN. The highest BCUT2D eigenvalue weighted by Crippen LogP contribution is 2.05. The van der Waals surface area contributed by atoms with Crippen LogP contribution in [0.5, 0.6) is 0 Å². The summed E-state index contributed by atoms with van der Waals surface area (Å²) in [4.78, 5) is 2.49. The van der Waals surface area contributed by atoms with E-state index in [0.717, 1.165) is 0 Å². The lowest BCUT2D eigenvalue weighted by molar-refractivity contribution is 0.357. The molecule has 0 aliphatic heterocycles. The molecule has 0 saturated heterocycles. The lowest BCUT2D eigenvalue weighted by Gasteiger charge is -2.21. The van der Waals surface area contributed by atoms with Crippen LogP contribution in [-0.2, 0) is 0 Å². The quantitative estimate of drug-likeness (QED) is 0.591. The topological polar surface area (TPSA) is 3.24 Å². The summed E-state index contributed by atoms with van der Waals surface area (Å²) in [7, 11) is 0. The third-order valence-corrected chi connectivity index (χ3v) is 2.56. The highest BCUT2D eigenvalue weighted by molar-refractivity contribution is 5.85. The Morgan fingerprint density at radius 2 is 1.47 bits per heavy atom. The molecule has 0 aromatic rings. The Balaban J connectivity index is 0. The summed E-state index contributed by atoms with van der Waals surface area (Å²) in [6.45, 7) is 11.4. The molecule has 0 aliphatic rings. The van der Waals surface area contributed by atoms with E-state index in [1.54, 1.807) is 0 Å². The first-order valence-corrected chi connectivity index (χ1v) is 6.15. The van der Waals surface area contributed by atoms with Crippen LogP contribution in [-0.4, -0.2) is 18.0 Å². The zero-order chi connectivity index (χ0) is 10.8. The van der Waals surface area contributed by atoms with Crippen molar-refractivity contribution < 1.29 is 0 Å². The third kappa shape index (κ3) is 10.1. The number of rotatable bonds is 8. The normalized spacial score (nSPS) is 11.1. The number of halogens is 1. The van der Waals surface area contributed by atoms with E-state index in [1.165, 1.54) is 50.8 Å². The maximum absolute atomic E-state index is 2.49. The van der Waals surface area contributed by atoms with Gasteiger partial charge in [0.25, 0.3) is 0 Å².